The lowest BCUT2D eigenvalue weighted by Gasteiger charge is -2.15. The third-order valence-corrected chi connectivity index (χ3v) is 3.71. The summed E-state index contributed by atoms with van der Waals surface area (Å²) < 4.78 is 52.1. The second-order valence-electron chi connectivity index (χ2n) is 5.39. The molecule has 0 aliphatic rings. The number of methoxy groups -OCH3 is 2. The summed E-state index contributed by atoms with van der Waals surface area (Å²) in [6, 6.07) is -0.935. The molecular weight excluding hydrogens is 373 g/mol. The number of hydrogen-bond donors (Lipinski definition) is 0. The Balaban J connectivity index is 2.90. The van der Waals surface area contributed by atoms with Crippen molar-refractivity contribution in [2.24, 2.45) is 0 Å². The highest BCUT2D eigenvalue weighted by atomic mass is 19.4. The van der Waals surface area contributed by atoms with Gasteiger partial charge in [0, 0.05) is 0 Å². The summed E-state index contributed by atoms with van der Waals surface area (Å²) in [6.07, 6.45) is 4.66. The maximum absolute atomic E-state index is 13.6. The van der Waals surface area contributed by atoms with E-state index in [9.17, 15) is 13.2 Å². The van der Waals surface area contributed by atoms with E-state index in [1.54, 1.807) is 18.2 Å². The van der Waals surface area contributed by atoms with E-state index in [2.05, 4.69) is 34.8 Å². The van der Waals surface area contributed by atoms with E-state index >= 15 is 0 Å². The summed E-state index contributed by atoms with van der Waals surface area (Å²) in [5, 5.41) is 3.41. The van der Waals surface area contributed by atoms with Crippen LogP contribution in [0.15, 0.2) is 61.8 Å². The molecule has 0 amide bonds. The van der Waals surface area contributed by atoms with Crippen LogP contribution in [0.25, 0.3) is 11.0 Å². The van der Waals surface area contributed by atoms with Crippen LogP contribution in [0.3, 0.4) is 0 Å². The third kappa shape index (κ3) is 3.98. The molecule has 0 aliphatic heterocycles. The molecular formula is C19H19F3N4O2. The van der Waals surface area contributed by atoms with E-state index in [1.165, 1.54) is 32.4 Å². The molecule has 0 saturated heterocycles. The first-order chi connectivity index (χ1) is 13.3. The molecule has 0 spiro atoms. The number of ether oxygens (including phenoxy) is 2. The number of halogens is 3. The van der Waals surface area contributed by atoms with Crippen molar-refractivity contribution in [3.8, 4) is 11.9 Å². The molecule has 0 aromatic carbocycles. The summed E-state index contributed by atoms with van der Waals surface area (Å²) in [6.45, 7) is 11.0. The van der Waals surface area contributed by atoms with Crippen LogP contribution in [0.4, 0.5) is 13.2 Å². The maximum Gasteiger partial charge on any atom is 0.436 e. The Bertz CT molecular complexity index is 958. The first kappa shape index (κ1) is 20.9. The summed E-state index contributed by atoms with van der Waals surface area (Å²) in [7, 11) is 2.51. The van der Waals surface area contributed by atoms with Crippen LogP contribution in [0.1, 0.15) is 11.7 Å². The molecule has 0 N–H and O–H groups in total. The molecule has 0 radical (unpaired) electrons. The van der Waals surface area contributed by atoms with E-state index in [1.807, 2.05) is 0 Å². The van der Waals surface area contributed by atoms with E-state index in [4.69, 9.17) is 9.47 Å². The van der Waals surface area contributed by atoms with Crippen LogP contribution in [-0.4, -0.2) is 34.0 Å². The highest BCUT2D eigenvalue weighted by Crippen LogP contribution is 2.39. The van der Waals surface area contributed by atoms with Crippen molar-refractivity contribution in [3.63, 3.8) is 0 Å². The van der Waals surface area contributed by atoms with Crippen LogP contribution in [-0.2, 0) is 6.18 Å². The number of rotatable bonds is 8. The zero-order valence-corrected chi connectivity index (χ0v) is 15.4. The van der Waals surface area contributed by atoms with Gasteiger partial charge in [0.25, 0.3) is 0 Å². The molecule has 148 valence electrons. The molecule has 2 rings (SSSR count). The normalized spacial score (nSPS) is 13.5. The van der Waals surface area contributed by atoms with Crippen LogP contribution in [0, 0.1) is 0 Å². The minimum Gasteiger partial charge on any atom is -0.480 e. The van der Waals surface area contributed by atoms with Gasteiger partial charge in [0.05, 0.1) is 20.3 Å². The fraction of sp³-hybridized carbons (Fsp3) is 0.211. The van der Waals surface area contributed by atoms with Gasteiger partial charge in [0.15, 0.2) is 11.3 Å². The number of aromatic nitrogens is 4. The largest absolute Gasteiger partial charge is 0.480 e. The average molecular weight is 392 g/mol. The predicted molar refractivity (Wildman–Crippen MR) is 100 cm³/mol. The Morgan fingerprint density at radius 1 is 1.11 bits per heavy atom. The highest BCUT2D eigenvalue weighted by molar-refractivity contribution is 5.85. The fourth-order valence-electron chi connectivity index (χ4n) is 2.56. The number of nitrogens with zero attached hydrogens (tertiary/aromatic N) is 4. The van der Waals surface area contributed by atoms with Crippen molar-refractivity contribution in [3.05, 3.63) is 67.5 Å². The fourth-order valence-corrected chi connectivity index (χ4v) is 2.56. The Hall–Kier alpha value is -3.36. The summed E-state index contributed by atoms with van der Waals surface area (Å²) >= 11 is 0. The predicted octanol–water partition coefficient (Wildman–Crippen LogP) is 4.44. The van der Waals surface area contributed by atoms with Gasteiger partial charge in [-0.15, -0.1) is 6.58 Å². The Morgan fingerprint density at radius 3 is 2.32 bits per heavy atom. The van der Waals surface area contributed by atoms with Gasteiger partial charge >= 0.3 is 12.2 Å². The van der Waals surface area contributed by atoms with Gasteiger partial charge in [-0.25, -0.2) is 4.68 Å². The second kappa shape index (κ2) is 8.55. The molecule has 2 aromatic rings. The first-order valence-electron chi connectivity index (χ1n) is 8.02. The van der Waals surface area contributed by atoms with Crippen LogP contribution in [0.2, 0.25) is 0 Å². The third-order valence-electron chi connectivity index (χ3n) is 3.71. The van der Waals surface area contributed by atoms with E-state index in [0.29, 0.717) is 5.57 Å². The zero-order chi connectivity index (χ0) is 20.9. The van der Waals surface area contributed by atoms with Gasteiger partial charge in [-0.1, -0.05) is 49.6 Å². The Kier molecular flexibility index (Phi) is 6.40. The Morgan fingerprint density at radius 2 is 1.82 bits per heavy atom. The number of hydrogen-bond acceptors (Lipinski definition) is 5. The highest BCUT2D eigenvalue weighted by Gasteiger charge is 2.40. The van der Waals surface area contributed by atoms with E-state index < -0.39 is 17.9 Å². The van der Waals surface area contributed by atoms with Gasteiger partial charge in [-0.3, -0.25) is 0 Å². The molecule has 0 fully saturated rings. The molecule has 1 unspecified atom stereocenters. The lowest BCUT2D eigenvalue weighted by molar-refractivity contribution is -0.140. The van der Waals surface area contributed by atoms with Gasteiger partial charge < -0.3 is 9.47 Å². The van der Waals surface area contributed by atoms with Crippen LogP contribution < -0.4 is 9.47 Å². The summed E-state index contributed by atoms with van der Waals surface area (Å²) in [5.74, 6) is -0.292. The molecule has 28 heavy (non-hydrogen) atoms. The molecule has 2 heterocycles. The van der Waals surface area contributed by atoms with Crippen LogP contribution >= 0.6 is 0 Å². The van der Waals surface area contributed by atoms with Crippen molar-refractivity contribution >= 4 is 11.0 Å². The van der Waals surface area contributed by atoms with Gasteiger partial charge in [0.2, 0.25) is 5.88 Å². The minimum absolute atomic E-state index is 0.108. The van der Waals surface area contributed by atoms with Crippen molar-refractivity contribution in [1.82, 2.24) is 19.7 Å². The quantitative estimate of drug-likeness (QED) is 0.491. The van der Waals surface area contributed by atoms with Crippen molar-refractivity contribution in [1.29, 1.82) is 0 Å². The van der Waals surface area contributed by atoms with Crippen LogP contribution in [0.5, 0.6) is 11.9 Å². The maximum atomic E-state index is 13.6. The SMILES string of the molecule is C=C/C=C\C(=C/C=C)C(C=C)n1nc(C(F)(F)F)c2c(OC)nc(OC)nc21. The minimum atomic E-state index is -4.75. The summed E-state index contributed by atoms with van der Waals surface area (Å²) in [5.41, 5.74) is -0.707. The van der Waals surface area contributed by atoms with E-state index in [0.717, 1.165) is 4.68 Å². The molecule has 0 aliphatic carbocycles. The lowest BCUT2D eigenvalue weighted by atomic mass is 10.1. The summed E-state index contributed by atoms with van der Waals surface area (Å²) in [4.78, 5) is 7.92. The molecule has 0 bridgehead atoms. The smallest absolute Gasteiger partial charge is 0.436 e. The number of fused-ring (bicyclic) bond motifs is 1. The van der Waals surface area contributed by atoms with Gasteiger partial charge in [0.1, 0.15) is 5.39 Å². The molecule has 1 atom stereocenters. The average Bonchev–Trinajstić information content (AvgIpc) is 3.05. The second-order valence-corrected chi connectivity index (χ2v) is 5.39. The molecule has 2 aromatic heterocycles. The van der Waals surface area contributed by atoms with E-state index in [-0.39, 0.29) is 22.9 Å². The molecule has 6 nitrogen and oxygen atoms in total. The van der Waals surface area contributed by atoms with Crippen molar-refractivity contribution in [2.45, 2.75) is 12.2 Å². The number of allylic oxidation sites excluding steroid dienone is 7. The lowest BCUT2D eigenvalue weighted by Crippen LogP contribution is -2.13. The van der Waals surface area contributed by atoms with Crippen molar-refractivity contribution < 1.29 is 22.6 Å². The molecule has 9 heteroatoms. The van der Waals surface area contributed by atoms with Crippen molar-refractivity contribution in [2.75, 3.05) is 14.2 Å². The van der Waals surface area contributed by atoms with Gasteiger partial charge in [-0.2, -0.15) is 28.2 Å². The topological polar surface area (TPSA) is 62.1 Å². The van der Waals surface area contributed by atoms with Gasteiger partial charge in [-0.05, 0) is 5.57 Å². The first-order valence-corrected chi connectivity index (χ1v) is 8.02. The monoisotopic (exact) mass is 392 g/mol. The standard InChI is InChI=1S/C19H19F3N4O2/c1-6-9-11-12(10-7-2)13(8-3)26-16-14(15(25-26)19(20,21)22)17(27-4)24-18(23-16)28-5/h6-11,13H,1-3H2,4-5H3/b11-9-,12-10+. The number of alkyl halides is 3. The Labute approximate surface area is 160 Å². The zero-order valence-electron chi connectivity index (χ0n) is 15.4. The molecule has 0 saturated carbocycles.